The van der Waals surface area contributed by atoms with E-state index in [9.17, 15) is 22.0 Å². The van der Waals surface area contributed by atoms with Gasteiger partial charge in [0.25, 0.3) is 6.43 Å². The molecule has 0 aliphatic heterocycles. The molecule has 108 valence electrons. The highest BCUT2D eigenvalue weighted by molar-refractivity contribution is 7.71. The van der Waals surface area contributed by atoms with Crippen LogP contribution < -0.4 is 0 Å². The van der Waals surface area contributed by atoms with Gasteiger partial charge in [0.1, 0.15) is 10.3 Å². The number of nitrogens with zero attached hydrogens (tertiary/aromatic N) is 2. The highest BCUT2D eigenvalue weighted by Crippen LogP contribution is 2.32. The molecule has 0 saturated carbocycles. The molecule has 0 aliphatic carbocycles. The molecule has 2 aromatic heterocycles. The topological polar surface area (TPSA) is 33.6 Å². The molecule has 3 nitrogen and oxygen atoms in total. The third kappa shape index (κ3) is 2.83. The van der Waals surface area contributed by atoms with Crippen molar-refractivity contribution in [1.82, 2.24) is 14.8 Å². The number of H-pyrrole nitrogens is 1. The number of aromatic amines is 1. The first-order valence-electron chi connectivity index (χ1n) is 5.03. The first kappa shape index (κ1) is 14.9. The normalized spacial score (nSPS) is 12.2. The zero-order valence-corrected chi connectivity index (χ0v) is 11.0. The maximum absolute atomic E-state index is 12.5. The molecule has 0 radical (unpaired) electrons. The molecule has 0 amide bonds. The zero-order chi connectivity index (χ0) is 15.1. The third-order valence-corrected chi connectivity index (χ3v) is 2.91. The molecule has 2 heterocycles. The number of hydrogen-bond acceptors (Lipinski definition) is 2. The molecular weight excluding hydrogens is 325 g/mol. The van der Waals surface area contributed by atoms with Gasteiger partial charge in [-0.1, -0.05) is 23.8 Å². The Kier molecular flexibility index (Phi) is 3.83. The summed E-state index contributed by atoms with van der Waals surface area (Å²) in [6, 6.07) is 1.63. The van der Waals surface area contributed by atoms with Crippen molar-refractivity contribution in [2.75, 3.05) is 0 Å². The second-order valence-corrected chi connectivity index (χ2v) is 4.54. The van der Waals surface area contributed by atoms with Crippen molar-refractivity contribution >= 4 is 23.8 Å². The molecule has 1 N–H and O–H groups in total. The lowest BCUT2D eigenvalue weighted by Crippen LogP contribution is -2.08. The van der Waals surface area contributed by atoms with Crippen molar-refractivity contribution in [1.29, 1.82) is 0 Å². The van der Waals surface area contributed by atoms with Crippen molar-refractivity contribution in [3.63, 3.8) is 0 Å². The first-order valence-corrected chi connectivity index (χ1v) is 5.82. The smallest absolute Gasteiger partial charge is 0.290 e. The van der Waals surface area contributed by atoms with Crippen molar-refractivity contribution in [3.05, 3.63) is 39.3 Å². The number of pyridine rings is 1. The van der Waals surface area contributed by atoms with Crippen LogP contribution in [0.3, 0.4) is 0 Å². The Morgan fingerprint density at radius 3 is 2.40 bits per heavy atom. The molecule has 0 atom stereocenters. The van der Waals surface area contributed by atoms with Crippen LogP contribution in [0.4, 0.5) is 22.0 Å². The fourth-order valence-corrected chi connectivity index (χ4v) is 1.94. The van der Waals surface area contributed by atoms with Crippen LogP contribution in [0.15, 0.2) is 18.3 Å². The van der Waals surface area contributed by atoms with E-state index in [0.29, 0.717) is 12.3 Å². The highest BCUT2D eigenvalue weighted by Gasteiger charge is 2.31. The maximum atomic E-state index is 12.5. The number of rotatable bonds is 2. The summed E-state index contributed by atoms with van der Waals surface area (Å²) in [5, 5.41) is 1.87. The van der Waals surface area contributed by atoms with Crippen LogP contribution in [0, 0.1) is 4.64 Å². The molecule has 2 rings (SSSR count). The molecule has 0 unspecified atom stereocenters. The average Bonchev–Trinajstić information content (AvgIpc) is 2.70. The van der Waals surface area contributed by atoms with E-state index in [1.807, 2.05) is 0 Å². The predicted octanol–water partition coefficient (Wildman–Crippen LogP) is 4.54. The molecule has 0 aliphatic rings. The van der Waals surface area contributed by atoms with Gasteiger partial charge in [0.15, 0.2) is 5.82 Å². The lowest BCUT2D eigenvalue weighted by Gasteiger charge is -2.09. The largest absolute Gasteiger partial charge is 0.417 e. The van der Waals surface area contributed by atoms with Gasteiger partial charge in [-0.3, -0.25) is 5.10 Å². The minimum Gasteiger partial charge on any atom is -0.290 e. The Morgan fingerprint density at radius 1 is 1.30 bits per heavy atom. The molecule has 0 spiro atoms. The van der Waals surface area contributed by atoms with Crippen LogP contribution in [0.2, 0.25) is 5.02 Å². The zero-order valence-electron chi connectivity index (χ0n) is 9.38. The van der Waals surface area contributed by atoms with E-state index < -0.39 is 23.9 Å². The molecule has 0 fully saturated rings. The van der Waals surface area contributed by atoms with E-state index in [-0.39, 0.29) is 15.5 Å². The Hall–Kier alpha value is -1.48. The Balaban J connectivity index is 2.52. The van der Waals surface area contributed by atoms with Crippen LogP contribution in [0.1, 0.15) is 17.7 Å². The summed E-state index contributed by atoms with van der Waals surface area (Å²) >= 11 is 10.5. The Bertz CT molecular complexity index is 691. The number of halogens is 6. The second-order valence-electron chi connectivity index (χ2n) is 3.71. The van der Waals surface area contributed by atoms with Crippen molar-refractivity contribution in [2.24, 2.45) is 0 Å². The number of hydrogen-bond donors (Lipinski definition) is 1. The predicted molar refractivity (Wildman–Crippen MR) is 63.7 cm³/mol. The minimum atomic E-state index is -4.60. The molecule has 0 bridgehead atoms. The molecule has 10 heteroatoms. The van der Waals surface area contributed by atoms with E-state index in [1.165, 1.54) is 0 Å². The van der Waals surface area contributed by atoms with Gasteiger partial charge < -0.3 is 0 Å². The monoisotopic (exact) mass is 329 g/mol. The number of aromatic nitrogens is 3. The summed E-state index contributed by atoms with van der Waals surface area (Å²) in [4.78, 5) is 3.52. The van der Waals surface area contributed by atoms with Crippen LogP contribution in [0.25, 0.3) is 5.82 Å². The molecule has 0 saturated heterocycles. The van der Waals surface area contributed by atoms with E-state index in [1.54, 1.807) is 0 Å². The van der Waals surface area contributed by atoms with Gasteiger partial charge >= 0.3 is 6.18 Å². The van der Waals surface area contributed by atoms with E-state index in [4.69, 9.17) is 23.8 Å². The van der Waals surface area contributed by atoms with Gasteiger partial charge in [-0.15, -0.1) is 0 Å². The fourth-order valence-electron chi connectivity index (χ4n) is 1.43. The minimum absolute atomic E-state index is 0.0746. The quantitative estimate of drug-likeness (QED) is 0.648. The third-order valence-electron chi connectivity index (χ3n) is 2.34. The molecule has 20 heavy (non-hydrogen) atoms. The van der Waals surface area contributed by atoms with Gasteiger partial charge in [0, 0.05) is 12.3 Å². The lowest BCUT2D eigenvalue weighted by molar-refractivity contribution is -0.137. The summed E-state index contributed by atoms with van der Waals surface area (Å²) in [5.41, 5.74) is -1.52. The summed E-state index contributed by atoms with van der Waals surface area (Å²) in [5.74, 6) is -0.184. The van der Waals surface area contributed by atoms with Crippen molar-refractivity contribution in [2.45, 2.75) is 12.6 Å². The van der Waals surface area contributed by atoms with Gasteiger partial charge in [0.05, 0.1) is 10.6 Å². The summed E-state index contributed by atoms with van der Waals surface area (Å²) in [7, 11) is 0. The van der Waals surface area contributed by atoms with Crippen LogP contribution >= 0.6 is 23.8 Å². The Labute approximate surface area is 119 Å². The average molecular weight is 330 g/mol. The SMILES string of the molecule is FC(F)c1cc(=S)n(-c2ncc(C(F)(F)F)cc2Cl)[nH]1. The summed E-state index contributed by atoms with van der Waals surface area (Å²) in [6.45, 7) is 0. The standard InChI is InChI=1S/C10H5ClF5N3S/c11-5-1-4(10(14,15)16)3-17-9(5)19-7(20)2-6(18-19)8(12)13/h1-3,8,18H. The van der Waals surface area contributed by atoms with Gasteiger partial charge in [0.2, 0.25) is 0 Å². The van der Waals surface area contributed by atoms with Crippen molar-refractivity contribution < 1.29 is 22.0 Å². The fraction of sp³-hybridized carbons (Fsp3) is 0.200. The summed E-state index contributed by atoms with van der Waals surface area (Å²) in [6.07, 6.45) is -6.85. The van der Waals surface area contributed by atoms with Gasteiger partial charge in [-0.05, 0) is 6.07 Å². The summed E-state index contributed by atoms with van der Waals surface area (Å²) < 4.78 is 63.2. The first-order chi connectivity index (χ1) is 9.20. The van der Waals surface area contributed by atoms with E-state index in [0.717, 1.165) is 10.7 Å². The van der Waals surface area contributed by atoms with Crippen LogP contribution in [-0.2, 0) is 6.18 Å². The molecular formula is C10H5ClF5N3S. The number of nitrogens with one attached hydrogen (secondary N) is 1. The Morgan fingerprint density at radius 2 is 1.95 bits per heavy atom. The van der Waals surface area contributed by atoms with Crippen LogP contribution in [-0.4, -0.2) is 14.8 Å². The highest BCUT2D eigenvalue weighted by atomic mass is 35.5. The number of alkyl halides is 5. The van der Waals surface area contributed by atoms with E-state index >= 15 is 0 Å². The molecule has 2 aromatic rings. The lowest BCUT2D eigenvalue weighted by atomic mass is 10.3. The van der Waals surface area contributed by atoms with Crippen molar-refractivity contribution in [3.8, 4) is 5.82 Å². The van der Waals surface area contributed by atoms with E-state index in [2.05, 4.69) is 10.1 Å². The maximum Gasteiger partial charge on any atom is 0.417 e. The van der Waals surface area contributed by atoms with Gasteiger partial charge in [-0.2, -0.15) is 13.2 Å². The van der Waals surface area contributed by atoms with Crippen LogP contribution in [0.5, 0.6) is 0 Å². The van der Waals surface area contributed by atoms with Gasteiger partial charge in [-0.25, -0.2) is 18.4 Å². The molecule has 0 aromatic carbocycles. The second kappa shape index (κ2) is 5.13.